The number of anilines is 1. The number of hydrogen-bond acceptors (Lipinski definition) is 6. The smallest absolute Gasteiger partial charge is 0.338 e. The van der Waals surface area contributed by atoms with Gasteiger partial charge in [0.15, 0.2) is 6.61 Å². The van der Waals surface area contributed by atoms with Gasteiger partial charge in [-0.1, -0.05) is 23.7 Å². The number of methoxy groups -OCH3 is 1. The summed E-state index contributed by atoms with van der Waals surface area (Å²) >= 11 is 6.08. The van der Waals surface area contributed by atoms with Gasteiger partial charge in [-0.2, -0.15) is 0 Å². The van der Waals surface area contributed by atoms with Gasteiger partial charge in [0.2, 0.25) is 0 Å². The number of ether oxygens (including phenoxy) is 2. The molecular formula is C26H22ClN3O5. The molecule has 1 aromatic heterocycles. The molecule has 0 bridgehead atoms. The van der Waals surface area contributed by atoms with Crippen LogP contribution in [0.1, 0.15) is 21.7 Å². The minimum atomic E-state index is -0.674. The van der Waals surface area contributed by atoms with E-state index in [-0.39, 0.29) is 11.1 Å². The summed E-state index contributed by atoms with van der Waals surface area (Å²) in [6, 6.07) is 16.7. The summed E-state index contributed by atoms with van der Waals surface area (Å²) in [5.41, 5.74) is 2.40. The summed E-state index contributed by atoms with van der Waals surface area (Å²) in [5, 5.41) is 3.66. The molecule has 1 N–H and O–H groups in total. The van der Waals surface area contributed by atoms with Crippen LogP contribution in [0.3, 0.4) is 0 Å². The molecule has 0 radical (unpaired) electrons. The van der Waals surface area contributed by atoms with Gasteiger partial charge in [0, 0.05) is 11.1 Å². The van der Waals surface area contributed by atoms with Crippen molar-refractivity contribution < 1.29 is 19.1 Å². The number of aryl methyl sites for hydroxylation is 2. The third kappa shape index (κ3) is 5.02. The van der Waals surface area contributed by atoms with Gasteiger partial charge in [0.1, 0.15) is 11.6 Å². The number of nitrogens with zero attached hydrogens (tertiary/aromatic N) is 2. The Morgan fingerprint density at radius 1 is 1.06 bits per heavy atom. The van der Waals surface area contributed by atoms with E-state index in [1.807, 2.05) is 6.07 Å². The normalized spacial score (nSPS) is 10.7. The van der Waals surface area contributed by atoms with Crippen molar-refractivity contribution in [2.45, 2.75) is 13.8 Å². The van der Waals surface area contributed by atoms with E-state index in [1.165, 1.54) is 23.8 Å². The van der Waals surface area contributed by atoms with E-state index in [4.69, 9.17) is 21.1 Å². The summed E-state index contributed by atoms with van der Waals surface area (Å²) in [5.74, 6) is -0.288. The zero-order valence-electron chi connectivity index (χ0n) is 19.3. The summed E-state index contributed by atoms with van der Waals surface area (Å²) in [6.07, 6.45) is 0. The lowest BCUT2D eigenvalue weighted by Crippen LogP contribution is -2.22. The van der Waals surface area contributed by atoms with Crippen LogP contribution in [0, 0.1) is 13.8 Å². The topological polar surface area (TPSA) is 99.5 Å². The predicted octanol–water partition coefficient (Wildman–Crippen LogP) is 4.46. The van der Waals surface area contributed by atoms with Crippen LogP contribution in [0.15, 0.2) is 65.5 Å². The number of rotatable bonds is 6. The molecule has 0 fully saturated rings. The third-order valence-electron chi connectivity index (χ3n) is 5.39. The van der Waals surface area contributed by atoms with E-state index >= 15 is 0 Å². The minimum absolute atomic E-state index is 0.201. The van der Waals surface area contributed by atoms with E-state index in [2.05, 4.69) is 10.3 Å². The van der Waals surface area contributed by atoms with Crippen LogP contribution in [-0.4, -0.2) is 35.1 Å². The SMILES string of the molecule is COc1cc(Cl)c(C)cc1NC(=O)COC(=O)c1ccc(-n2c(C)nc3ccccc3c2=O)cc1. The second-order valence-electron chi connectivity index (χ2n) is 7.79. The van der Waals surface area contributed by atoms with Gasteiger partial charge < -0.3 is 14.8 Å². The number of hydrogen-bond donors (Lipinski definition) is 1. The van der Waals surface area contributed by atoms with Gasteiger partial charge in [-0.25, -0.2) is 9.78 Å². The molecule has 35 heavy (non-hydrogen) atoms. The standard InChI is InChI=1S/C26H22ClN3O5/c1-15-12-22(23(34-3)13-20(15)27)29-24(31)14-35-26(33)17-8-10-18(11-9-17)30-16(2)28-21-7-5-4-6-19(21)25(30)32/h4-13H,14H2,1-3H3,(H,29,31). The first kappa shape index (κ1) is 24.0. The van der Waals surface area contributed by atoms with Gasteiger partial charge >= 0.3 is 5.97 Å². The number of amides is 1. The Kier molecular flexibility index (Phi) is 6.84. The Morgan fingerprint density at radius 3 is 2.49 bits per heavy atom. The van der Waals surface area contributed by atoms with Crippen molar-refractivity contribution in [1.29, 1.82) is 0 Å². The second-order valence-corrected chi connectivity index (χ2v) is 8.20. The van der Waals surface area contributed by atoms with Crippen LogP contribution in [0.25, 0.3) is 16.6 Å². The second kappa shape index (κ2) is 9.99. The van der Waals surface area contributed by atoms with Crippen LogP contribution in [0.5, 0.6) is 5.75 Å². The maximum Gasteiger partial charge on any atom is 0.338 e. The fourth-order valence-corrected chi connectivity index (χ4v) is 3.78. The van der Waals surface area contributed by atoms with Gasteiger partial charge in [-0.3, -0.25) is 14.2 Å². The molecule has 0 aliphatic rings. The molecule has 0 atom stereocenters. The highest BCUT2D eigenvalue weighted by Gasteiger charge is 2.15. The number of fused-ring (bicyclic) bond motifs is 1. The fourth-order valence-electron chi connectivity index (χ4n) is 3.62. The summed E-state index contributed by atoms with van der Waals surface area (Å²) in [7, 11) is 1.46. The Morgan fingerprint density at radius 2 is 1.77 bits per heavy atom. The Hall–Kier alpha value is -4.17. The highest BCUT2D eigenvalue weighted by molar-refractivity contribution is 6.31. The highest BCUT2D eigenvalue weighted by atomic mass is 35.5. The molecule has 0 aliphatic heterocycles. The molecule has 4 aromatic rings. The number of para-hydroxylation sites is 1. The van der Waals surface area contributed by atoms with Crippen LogP contribution in [0.4, 0.5) is 5.69 Å². The van der Waals surface area contributed by atoms with Crippen LogP contribution >= 0.6 is 11.6 Å². The molecule has 0 saturated heterocycles. The fraction of sp³-hybridized carbons (Fsp3) is 0.154. The Balaban J connectivity index is 1.45. The third-order valence-corrected chi connectivity index (χ3v) is 5.80. The Bertz CT molecular complexity index is 1500. The van der Waals surface area contributed by atoms with Gasteiger partial charge in [0.05, 0.1) is 35.0 Å². The quantitative estimate of drug-likeness (QED) is 0.400. The summed E-state index contributed by atoms with van der Waals surface area (Å²) < 4.78 is 11.8. The van der Waals surface area contributed by atoms with Crippen molar-refractivity contribution in [3.8, 4) is 11.4 Å². The average Bonchev–Trinajstić information content (AvgIpc) is 2.85. The van der Waals surface area contributed by atoms with Crippen molar-refractivity contribution >= 4 is 40.1 Å². The Labute approximate surface area is 206 Å². The van der Waals surface area contributed by atoms with E-state index in [0.717, 1.165) is 5.56 Å². The number of aromatic nitrogens is 2. The average molecular weight is 492 g/mol. The largest absolute Gasteiger partial charge is 0.495 e. The molecule has 3 aromatic carbocycles. The van der Waals surface area contributed by atoms with Crippen molar-refractivity contribution in [2.24, 2.45) is 0 Å². The van der Waals surface area contributed by atoms with Crippen LogP contribution in [0.2, 0.25) is 5.02 Å². The number of benzene rings is 3. The molecule has 0 unspecified atom stereocenters. The molecule has 9 heteroatoms. The van der Waals surface area contributed by atoms with E-state index in [9.17, 15) is 14.4 Å². The first-order valence-electron chi connectivity index (χ1n) is 10.7. The number of carbonyl (C=O) groups is 2. The number of esters is 1. The summed E-state index contributed by atoms with van der Waals surface area (Å²) in [4.78, 5) is 42.2. The summed E-state index contributed by atoms with van der Waals surface area (Å²) in [6.45, 7) is 3.05. The van der Waals surface area contributed by atoms with E-state index in [0.29, 0.717) is 38.9 Å². The van der Waals surface area contributed by atoms with Crippen LogP contribution in [-0.2, 0) is 9.53 Å². The zero-order chi connectivity index (χ0) is 25.1. The first-order chi connectivity index (χ1) is 16.8. The zero-order valence-corrected chi connectivity index (χ0v) is 20.1. The van der Waals surface area contributed by atoms with Crippen molar-refractivity contribution in [3.05, 3.63) is 93.0 Å². The van der Waals surface area contributed by atoms with Crippen LogP contribution < -0.4 is 15.6 Å². The van der Waals surface area contributed by atoms with Gasteiger partial charge in [-0.05, 0) is 61.9 Å². The van der Waals surface area contributed by atoms with Crippen molar-refractivity contribution in [1.82, 2.24) is 9.55 Å². The molecule has 1 amide bonds. The maximum absolute atomic E-state index is 13.0. The minimum Gasteiger partial charge on any atom is -0.495 e. The molecule has 0 spiro atoms. The molecule has 1 heterocycles. The van der Waals surface area contributed by atoms with E-state index < -0.39 is 18.5 Å². The van der Waals surface area contributed by atoms with Crippen molar-refractivity contribution in [2.75, 3.05) is 19.0 Å². The number of nitrogens with one attached hydrogen (secondary N) is 1. The molecule has 0 saturated carbocycles. The molecular weight excluding hydrogens is 470 g/mol. The number of halogens is 1. The predicted molar refractivity (Wildman–Crippen MR) is 134 cm³/mol. The number of carbonyl (C=O) groups excluding carboxylic acids is 2. The van der Waals surface area contributed by atoms with Gasteiger partial charge in [0.25, 0.3) is 11.5 Å². The maximum atomic E-state index is 13.0. The van der Waals surface area contributed by atoms with Gasteiger partial charge in [-0.15, -0.1) is 0 Å². The monoisotopic (exact) mass is 491 g/mol. The molecule has 0 aliphatic carbocycles. The van der Waals surface area contributed by atoms with Crippen molar-refractivity contribution in [3.63, 3.8) is 0 Å². The lowest BCUT2D eigenvalue weighted by molar-refractivity contribution is -0.119. The highest BCUT2D eigenvalue weighted by Crippen LogP contribution is 2.30. The first-order valence-corrected chi connectivity index (χ1v) is 11.1. The lowest BCUT2D eigenvalue weighted by atomic mass is 10.2. The molecule has 4 rings (SSSR count). The lowest BCUT2D eigenvalue weighted by Gasteiger charge is -2.13. The molecule has 178 valence electrons. The van der Waals surface area contributed by atoms with E-state index in [1.54, 1.807) is 56.3 Å². The molecule has 8 nitrogen and oxygen atoms in total.